The minimum atomic E-state index is -4.33. The third-order valence-corrected chi connectivity index (χ3v) is 5.16. The third kappa shape index (κ3) is 4.70. The van der Waals surface area contributed by atoms with Crippen LogP contribution in [0.5, 0.6) is 0 Å². The van der Waals surface area contributed by atoms with Gasteiger partial charge in [0.25, 0.3) is 5.91 Å². The number of hydrogen-bond acceptors (Lipinski definition) is 2. The van der Waals surface area contributed by atoms with E-state index in [1.807, 2.05) is 6.92 Å². The predicted molar refractivity (Wildman–Crippen MR) is 96.3 cm³/mol. The summed E-state index contributed by atoms with van der Waals surface area (Å²) in [5.41, 5.74) is 0.346. The van der Waals surface area contributed by atoms with Gasteiger partial charge in [0.05, 0.1) is 17.3 Å². The number of aryl methyl sites for hydroxylation is 2. The van der Waals surface area contributed by atoms with Crippen LogP contribution >= 0.6 is 0 Å². The molecule has 1 atom stereocenters. The van der Waals surface area contributed by atoms with Crippen LogP contribution in [0.1, 0.15) is 47.7 Å². The van der Waals surface area contributed by atoms with Crippen LogP contribution in [0.15, 0.2) is 36.7 Å². The molecule has 7 heteroatoms. The van der Waals surface area contributed by atoms with Crippen molar-refractivity contribution in [3.05, 3.63) is 53.3 Å². The van der Waals surface area contributed by atoms with Gasteiger partial charge in [-0.25, -0.2) is 0 Å². The Morgan fingerprint density at radius 3 is 2.78 bits per heavy atom. The molecule has 1 fully saturated rings. The lowest BCUT2D eigenvalue weighted by molar-refractivity contribution is -0.138. The van der Waals surface area contributed by atoms with E-state index in [0.717, 1.165) is 18.9 Å². The van der Waals surface area contributed by atoms with Crippen molar-refractivity contribution in [2.75, 3.05) is 13.1 Å². The van der Waals surface area contributed by atoms with E-state index >= 15 is 0 Å². The highest BCUT2D eigenvalue weighted by molar-refractivity contribution is 5.93. The molecule has 1 aromatic carbocycles. The Balaban J connectivity index is 1.61. The monoisotopic (exact) mass is 379 g/mol. The second kappa shape index (κ2) is 8.15. The summed E-state index contributed by atoms with van der Waals surface area (Å²) in [6, 6.07) is 5.75. The second-order valence-electron chi connectivity index (χ2n) is 7.04. The van der Waals surface area contributed by atoms with Crippen molar-refractivity contribution in [1.82, 2.24) is 14.7 Å². The average molecular weight is 379 g/mol. The van der Waals surface area contributed by atoms with Crippen molar-refractivity contribution >= 4 is 5.91 Å². The first-order chi connectivity index (χ1) is 12.9. The molecular formula is C20H24F3N3O. The van der Waals surface area contributed by atoms with Gasteiger partial charge in [-0.3, -0.25) is 9.48 Å². The maximum atomic E-state index is 13.1. The fourth-order valence-corrected chi connectivity index (χ4v) is 3.69. The van der Waals surface area contributed by atoms with Crippen molar-refractivity contribution in [3.63, 3.8) is 0 Å². The van der Waals surface area contributed by atoms with Crippen molar-refractivity contribution in [2.24, 2.45) is 5.92 Å². The molecule has 0 radical (unpaired) electrons. The zero-order chi connectivity index (χ0) is 19.4. The van der Waals surface area contributed by atoms with Crippen molar-refractivity contribution < 1.29 is 18.0 Å². The standard InChI is InChI=1S/C20H24F3N3O/c1-2-26-14-17(12-24-26)19(27)25-11-5-6-15(13-25)9-10-16-7-3-4-8-18(16)20(21,22)23/h3-4,7-8,12,14-15H,2,5-6,9-11,13H2,1H3. The van der Waals surface area contributed by atoms with Crippen LogP contribution in [0.2, 0.25) is 0 Å². The van der Waals surface area contributed by atoms with Crippen LogP contribution < -0.4 is 0 Å². The molecule has 1 aromatic heterocycles. The van der Waals surface area contributed by atoms with Gasteiger partial charge in [-0.2, -0.15) is 18.3 Å². The minimum absolute atomic E-state index is 0.0462. The summed E-state index contributed by atoms with van der Waals surface area (Å²) >= 11 is 0. The molecule has 2 aromatic rings. The fraction of sp³-hybridized carbons (Fsp3) is 0.500. The van der Waals surface area contributed by atoms with E-state index in [0.29, 0.717) is 43.6 Å². The Kier molecular flexibility index (Phi) is 5.87. The van der Waals surface area contributed by atoms with E-state index in [1.54, 1.807) is 34.1 Å². The lowest BCUT2D eigenvalue weighted by Crippen LogP contribution is -2.40. The summed E-state index contributed by atoms with van der Waals surface area (Å²) in [5.74, 6) is 0.167. The number of piperidine rings is 1. The molecular weight excluding hydrogens is 355 g/mol. The van der Waals surface area contributed by atoms with E-state index < -0.39 is 11.7 Å². The lowest BCUT2D eigenvalue weighted by atomic mass is 9.90. The van der Waals surface area contributed by atoms with E-state index in [2.05, 4.69) is 5.10 Å². The van der Waals surface area contributed by atoms with Gasteiger partial charge in [0.15, 0.2) is 0 Å². The number of halogens is 3. The Morgan fingerprint density at radius 2 is 2.07 bits per heavy atom. The highest BCUT2D eigenvalue weighted by Crippen LogP contribution is 2.33. The first kappa shape index (κ1) is 19.5. The van der Waals surface area contributed by atoms with Crippen molar-refractivity contribution in [3.8, 4) is 0 Å². The van der Waals surface area contributed by atoms with Crippen molar-refractivity contribution in [2.45, 2.75) is 45.3 Å². The third-order valence-electron chi connectivity index (χ3n) is 5.16. The van der Waals surface area contributed by atoms with E-state index in [1.165, 1.54) is 6.07 Å². The number of nitrogens with zero attached hydrogens (tertiary/aromatic N) is 3. The van der Waals surface area contributed by atoms with E-state index in [-0.39, 0.29) is 11.8 Å². The van der Waals surface area contributed by atoms with Gasteiger partial charge in [-0.05, 0) is 50.2 Å². The second-order valence-corrected chi connectivity index (χ2v) is 7.04. The molecule has 0 bridgehead atoms. The van der Waals surface area contributed by atoms with Gasteiger partial charge in [-0.1, -0.05) is 18.2 Å². The van der Waals surface area contributed by atoms with Crippen LogP contribution in [0.3, 0.4) is 0 Å². The molecule has 0 aliphatic carbocycles. The molecule has 0 N–H and O–H groups in total. The average Bonchev–Trinajstić information content (AvgIpc) is 3.15. The molecule has 146 valence electrons. The molecule has 3 rings (SSSR count). The van der Waals surface area contributed by atoms with Gasteiger partial charge in [0.2, 0.25) is 0 Å². The number of benzene rings is 1. The number of alkyl halides is 3. The number of aromatic nitrogens is 2. The summed E-state index contributed by atoms with van der Waals surface area (Å²) in [6.07, 6.45) is 1.82. The van der Waals surface area contributed by atoms with Gasteiger partial charge in [0.1, 0.15) is 0 Å². The highest BCUT2D eigenvalue weighted by atomic mass is 19.4. The van der Waals surface area contributed by atoms with Crippen LogP contribution in [0.4, 0.5) is 13.2 Å². The summed E-state index contributed by atoms with van der Waals surface area (Å²) in [4.78, 5) is 14.5. The predicted octanol–water partition coefficient (Wildman–Crippen LogP) is 4.41. The molecule has 2 heterocycles. The molecule has 0 saturated carbocycles. The summed E-state index contributed by atoms with van der Waals surface area (Å²) < 4.78 is 41.1. The molecule has 1 aliphatic heterocycles. The quantitative estimate of drug-likeness (QED) is 0.772. The van der Waals surface area contributed by atoms with Crippen LogP contribution in [-0.4, -0.2) is 33.7 Å². The molecule has 1 aliphatic rings. The van der Waals surface area contributed by atoms with E-state index in [9.17, 15) is 18.0 Å². The Morgan fingerprint density at radius 1 is 1.30 bits per heavy atom. The zero-order valence-corrected chi connectivity index (χ0v) is 15.4. The largest absolute Gasteiger partial charge is 0.416 e. The zero-order valence-electron chi connectivity index (χ0n) is 15.4. The fourth-order valence-electron chi connectivity index (χ4n) is 3.69. The summed E-state index contributed by atoms with van der Waals surface area (Å²) in [6.45, 7) is 3.93. The lowest BCUT2D eigenvalue weighted by Gasteiger charge is -2.32. The van der Waals surface area contributed by atoms with Gasteiger partial charge in [-0.15, -0.1) is 0 Å². The number of hydrogen-bond donors (Lipinski definition) is 0. The smallest absolute Gasteiger partial charge is 0.338 e. The molecule has 1 amide bonds. The Bertz CT molecular complexity index is 785. The minimum Gasteiger partial charge on any atom is -0.338 e. The summed E-state index contributed by atoms with van der Waals surface area (Å²) in [7, 11) is 0. The number of carbonyl (C=O) groups is 1. The molecule has 27 heavy (non-hydrogen) atoms. The van der Waals surface area contributed by atoms with Gasteiger partial charge >= 0.3 is 6.18 Å². The Labute approximate surface area is 157 Å². The topological polar surface area (TPSA) is 38.1 Å². The molecule has 1 unspecified atom stereocenters. The highest BCUT2D eigenvalue weighted by Gasteiger charge is 2.33. The van der Waals surface area contributed by atoms with Crippen molar-refractivity contribution in [1.29, 1.82) is 0 Å². The van der Waals surface area contributed by atoms with Gasteiger partial charge < -0.3 is 4.90 Å². The maximum Gasteiger partial charge on any atom is 0.416 e. The molecule has 1 saturated heterocycles. The van der Waals surface area contributed by atoms with Crippen LogP contribution in [0.25, 0.3) is 0 Å². The van der Waals surface area contributed by atoms with E-state index in [4.69, 9.17) is 0 Å². The Hall–Kier alpha value is -2.31. The van der Waals surface area contributed by atoms with Crippen LogP contribution in [0, 0.1) is 5.92 Å². The normalized spacial score (nSPS) is 17.9. The molecule has 4 nitrogen and oxygen atoms in total. The summed E-state index contributed by atoms with van der Waals surface area (Å²) in [5, 5.41) is 4.14. The SMILES string of the molecule is CCn1cc(C(=O)N2CCCC(CCc3ccccc3C(F)(F)F)C2)cn1. The number of rotatable bonds is 5. The maximum absolute atomic E-state index is 13.1. The van der Waals surface area contributed by atoms with Crippen LogP contribution in [-0.2, 0) is 19.1 Å². The first-order valence-corrected chi connectivity index (χ1v) is 9.35. The first-order valence-electron chi connectivity index (χ1n) is 9.35. The number of carbonyl (C=O) groups excluding carboxylic acids is 1. The number of amides is 1. The van der Waals surface area contributed by atoms with Gasteiger partial charge in [0, 0.05) is 25.8 Å². The number of likely N-dealkylation sites (tertiary alicyclic amines) is 1. The molecule has 0 spiro atoms.